The van der Waals surface area contributed by atoms with E-state index in [1.807, 2.05) is 0 Å². The van der Waals surface area contributed by atoms with Crippen molar-refractivity contribution in [1.29, 1.82) is 0 Å². The molecule has 0 radical (unpaired) electrons. The highest BCUT2D eigenvalue weighted by Crippen LogP contribution is 2.61. The monoisotopic (exact) mass is 492 g/mol. The molecule has 6 N–H and O–H groups in total. The van der Waals surface area contributed by atoms with E-state index in [0.717, 1.165) is 0 Å². The zero-order chi connectivity index (χ0) is 20.5. The first-order chi connectivity index (χ1) is 12.4. The minimum atomic E-state index is -5.45. The van der Waals surface area contributed by atoms with Crippen LogP contribution in [0, 0.1) is 0 Å². The zero-order valence-corrected chi connectivity index (χ0v) is 16.5. The van der Waals surface area contributed by atoms with Gasteiger partial charge < -0.3 is 34.9 Å². The highest BCUT2D eigenvalue weighted by Gasteiger charge is 2.60. The number of hydrogen-bond acceptors (Lipinski definition) is 9. The van der Waals surface area contributed by atoms with Crippen molar-refractivity contribution in [3.05, 3.63) is 30.1 Å². The minimum Gasteiger partial charge on any atom is -0.394 e. The lowest BCUT2D eigenvalue weighted by Gasteiger charge is -2.31. The number of pyridine rings is 1. The van der Waals surface area contributed by atoms with Crippen LogP contribution in [0.25, 0.3) is 0 Å². The Balaban J connectivity index is 2.27. The van der Waals surface area contributed by atoms with Crippen molar-refractivity contribution in [3.8, 4) is 0 Å². The number of nitrogens with zero attached hydrogens (tertiary/aromatic N) is 1. The molecule has 13 nitrogen and oxygen atoms in total. The molecule has 5 atom stereocenters. The van der Waals surface area contributed by atoms with E-state index in [4.69, 9.17) is 14.5 Å². The maximum Gasteiger partial charge on any atom is 0.482 e. The van der Waals surface area contributed by atoms with Gasteiger partial charge in [-0.3, -0.25) is 14.3 Å². The van der Waals surface area contributed by atoms with Gasteiger partial charge in [-0.25, -0.2) is 9.13 Å². The number of aliphatic hydroxyl groups is 2. The van der Waals surface area contributed by atoms with E-state index in [0.29, 0.717) is 0 Å². The summed E-state index contributed by atoms with van der Waals surface area (Å²) in [5.41, 5.74) is 0.0662. The van der Waals surface area contributed by atoms with Crippen molar-refractivity contribution in [2.24, 2.45) is 0 Å². The molecule has 0 aliphatic carbocycles. The van der Waals surface area contributed by atoms with Crippen LogP contribution in [0.4, 0.5) is 0 Å². The smallest absolute Gasteiger partial charge is 0.394 e. The summed E-state index contributed by atoms with van der Waals surface area (Å²) in [5, 5.41) is 21.7. The van der Waals surface area contributed by atoms with Gasteiger partial charge in [-0.05, 0) is 28.1 Å². The summed E-state index contributed by atoms with van der Waals surface area (Å²) in [6.45, 7) is -0.772. The molecule has 1 aromatic heterocycles. The first-order valence-electron chi connectivity index (χ1n) is 7.02. The number of halogens is 1. The Morgan fingerprint density at radius 1 is 1.41 bits per heavy atom. The van der Waals surface area contributed by atoms with Crippen molar-refractivity contribution in [2.45, 2.75) is 22.9 Å². The van der Waals surface area contributed by atoms with Gasteiger partial charge in [-0.15, -0.1) is 0 Å². The number of alkyl halides is 1. The lowest BCUT2D eigenvalue weighted by atomic mass is 10.1. The van der Waals surface area contributed by atoms with Crippen LogP contribution in [0.1, 0.15) is 10.4 Å². The molecule has 0 bridgehead atoms. The van der Waals surface area contributed by atoms with Gasteiger partial charge in [0.15, 0.2) is 6.23 Å². The van der Waals surface area contributed by atoms with Crippen LogP contribution < -0.4 is 5.32 Å². The molecular formula is C11H15BrN2O11P2. The number of amides is 1. The van der Waals surface area contributed by atoms with Crippen molar-refractivity contribution in [3.63, 3.8) is 0 Å². The van der Waals surface area contributed by atoms with E-state index in [9.17, 15) is 29.0 Å². The molecule has 16 heteroatoms. The zero-order valence-electron chi connectivity index (χ0n) is 13.2. The minimum absolute atomic E-state index is 0.0662. The quantitative estimate of drug-likeness (QED) is 0.204. The molecule has 1 fully saturated rings. The molecule has 1 aromatic rings. The molecule has 2 rings (SSSR count). The van der Waals surface area contributed by atoms with E-state index in [2.05, 4.69) is 35.1 Å². The van der Waals surface area contributed by atoms with E-state index in [1.54, 1.807) is 0 Å². The second-order valence-corrected chi connectivity index (χ2v) is 9.22. The van der Waals surface area contributed by atoms with Crippen LogP contribution in [0.5, 0.6) is 0 Å². The van der Waals surface area contributed by atoms with E-state index in [-0.39, 0.29) is 5.56 Å². The van der Waals surface area contributed by atoms with Gasteiger partial charge in [0.05, 0.1) is 12.2 Å². The van der Waals surface area contributed by atoms with Crippen LogP contribution in [-0.4, -0.2) is 65.3 Å². The summed E-state index contributed by atoms with van der Waals surface area (Å²) in [5.74, 6) is -0.782. The second kappa shape index (κ2) is 8.31. The Morgan fingerprint density at radius 3 is 2.59 bits per heavy atom. The Labute approximate surface area is 160 Å². The Bertz CT molecular complexity index is 777. The summed E-state index contributed by atoms with van der Waals surface area (Å²) in [4.78, 5) is 42.9. The molecule has 1 saturated heterocycles. The third kappa shape index (κ3) is 5.62. The van der Waals surface area contributed by atoms with Gasteiger partial charge in [-0.2, -0.15) is 4.31 Å². The topological polar surface area (TPSA) is 205 Å². The van der Waals surface area contributed by atoms with Crippen LogP contribution in [0.15, 0.2) is 24.5 Å². The Hall–Kier alpha value is -0.760. The van der Waals surface area contributed by atoms with Crippen LogP contribution >= 0.6 is 31.6 Å². The first kappa shape index (κ1) is 22.5. The number of carbonyl (C=O) groups excluding carboxylic acids is 1. The predicted molar refractivity (Wildman–Crippen MR) is 89.2 cm³/mol. The number of hydrogen-bond donors (Lipinski definition) is 6. The molecule has 2 heterocycles. The van der Waals surface area contributed by atoms with Gasteiger partial charge in [-0.1, -0.05) is 0 Å². The molecule has 1 aliphatic heterocycles. The van der Waals surface area contributed by atoms with Gasteiger partial charge in [0.25, 0.3) is 5.91 Å². The molecule has 152 valence electrons. The van der Waals surface area contributed by atoms with Gasteiger partial charge in [0.1, 0.15) is 12.2 Å². The summed E-state index contributed by atoms with van der Waals surface area (Å²) >= 11 is 2.80. The van der Waals surface area contributed by atoms with E-state index in [1.165, 1.54) is 24.5 Å². The summed E-state index contributed by atoms with van der Waals surface area (Å²) in [7, 11) is -10.9. The average Bonchev–Trinajstić information content (AvgIpc) is 2.77. The van der Waals surface area contributed by atoms with Crippen LogP contribution in [0.3, 0.4) is 0 Å². The maximum atomic E-state index is 12.2. The SMILES string of the molecule is O=C(NC1O[C@H](CO)[C@@H](O)[C@@]1(Br)OP(=O)(O)OP(=O)(O)O)c1cccnc1. The normalized spacial score (nSPS) is 30.7. The number of rotatable bonds is 7. The fourth-order valence-electron chi connectivity index (χ4n) is 2.16. The predicted octanol–water partition coefficient (Wildman–Crippen LogP) is -0.793. The standard InChI is InChI=1S/C11H15BrN2O11P2/c12-11(24-27(21,22)25-26(18,19)20)8(16)7(5-15)23-10(11)14-9(17)6-2-1-3-13-4-6/h1-4,7-8,10,15-16H,5H2,(H,14,17)(H,21,22)(H2,18,19,20)/t7-,8-,10?,11-/m1/s1. The molecule has 1 aliphatic rings. The fraction of sp³-hybridized carbons (Fsp3) is 0.455. The summed E-state index contributed by atoms with van der Waals surface area (Å²) in [6.07, 6.45) is -2.28. The van der Waals surface area contributed by atoms with E-state index < -0.39 is 51.1 Å². The largest absolute Gasteiger partial charge is 0.482 e. The average molecular weight is 493 g/mol. The number of carbonyl (C=O) groups is 1. The van der Waals surface area contributed by atoms with Gasteiger partial charge in [0.2, 0.25) is 4.51 Å². The van der Waals surface area contributed by atoms with Crippen LogP contribution in [0.2, 0.25) is 0 Å². The van der Waals surface area contributed by atoms with Crippen molar-refractivity contribution in [2.75, 3.05) is 6.61 Å². The third-order valence-corrected chi connectivity index (χ3v) is 6.76. The second-order valence-electron chi connectivity index (χ2n) is 5.23. The number of aromatic nitrogens is 1. The Morgan fingerprint density at radius 2 is 2.07 bits per heavy atom. The fourth-order valence-corrected chi connectivity index (χ4v) is 4.99. The number of aliphatic hydroxyl groups excluding tert-OH is 2. The lowest BCUT2D eigenvalue weighted by Crippen LogP contribution is -2.52. The molecule has 2 unspecified atom stereocenters. The lowest BCUT2D eigenvalue weighted by molar-refractivity contribution is -0.0319. The van der Waals surface area contributed by atoms with Crippen molar-refractivity contribution >= 4 is 37.5 Å². The van der Waals surface area contributed by atoms with Gasteiger partial charge >= 0.3 is 15.6 Å². The van der Waals surface area contributed by atoms with Gasteiger partial charge in [0, 0.05) is 12.4 Å². The molecule has 0 saturated carbocycles. The Kier molecular flexibility index (Phi) is 6.94. The number of nitrogens with one attached hydrogen (secondary N) is 1. The molecule has 0 spiro atoms. The van der Waals surface area contributed by atoms with Crippen molar-refractivity contribution in [1.82, 2.24) is 10.3 Å². The summed E-state index contributed by atoms with van der Waals surface area (Å²) in [6, 6.07) is 2.85. The highest BCUT2D eigenvalue weighted by molar-refractivity contribution is 9.10. The van der Waals surface area contributed by atoms with E-state index >= 15 is 0 Å². The molecule has 27 heavy (non-hydrogen) atoms. The first-order valence-corrected chi connectivity index (χ1v) is 10.8. The highest BCUT2D eigenvalue weighted by atomic mass is 79.9. The van der Waals surface area contributed by atoms with Crippen LogP contribution in [-0.2, 0) is 22.7 Å². The maximum absolute atomic E-state index is 12.2. The molecule has 0 aromatic carbocycles. The third-order valence-electron chi connectivity index (χ3n) is 3.25. The summed E-state index contributed by atoms with van der Waals surface area (Å²) < 4.78 is 33.8. The molecular weight excluding hydrogens is 478 g/mol. The number of phosphoric acid groups is 2. The van der Waals surface area contributed by atoms with Crippen molar-refractivity contribution < 1.29 is 52.4 Å². The molecule has 1 amide bonds. The number of phosphoric ester groups is 1. The number of ether oxygens (including phenoxy) is 1.